The molecule has 0 radical (unpaired) electrons. The summed E-state index contributed by atoms with van der Waals surface area (Å²) in [6, 6.07) is 5.35. The Labute approximate surface area is 171 Å². The smallest absolute Gasteiger partial charge is 0.306 e. The largest absolute Gasteiger partial charge is 0.484 e. The molecule has 2 amide bonds. The number of thiocarbonyl (C=S) groups is 1. The van der Waals surface area contributed by atoms with Crippen molar-refractivity contribution in [2.45, 2.75) is 33.1 Å². The molecule has 0 aliphatic heterocycles. The number of esters is 1. The lowest BCUT2D eigenvalue weighted by Crippen LogP contribution is -2.49. The van der Waals surface area contributed by atoms with Crippen LogP contribution in [0.1, 0.15) is 31.7 Å². The van der Waals surface area contributed by atoms with E-state index in [-0.39, 0.29) is 24.6 Å². The molecule has 1 rings (SSSR count). The third-order valence-corrected chi connectivity index (χ3v) is 4.18. The number of aryl methyl sites for hydroxylation is 1. The van der Waals surface area contributed by atoms with Gasteiger partial charge in [-0.05, 0) is 49.3 Å². The fourth-order valence-corrected chi connectivity index (χ4v) is 2.15. The van der Waals surface area contributed by atoms with Crippen LogP contribution in [0.15, 0.2) is 22.7 Å². The van der Waals surface area contributed by atoms with Crippen LogP contribution in [0.25, 0.3) is 0 Å². The normalized spacial score (nSPS) is 9.89. The topological polar surface area (TPSA) is 106 Å². The zero-order valence-corrected chi connectivity index (χ0v) is 17.5. The Hall–Kier alpha value is -2.20. The minimum atomic E-state index is -0.477. The number of rotatable bonds is 8. The molecule has 1 aromatic rings. The van der Waals surface area contributed by atoms with Crippen LogP contribution in [0, 0.1) is 6.92 Å². The first-order chi connectivity index (χ1) is 12.8. The number of nitrogens with one attached hydrogen (secondary N) is 3. The van der Waals surface area contributed by atoms with Crippen molar-refractivity contribution in [2.24, 2.45) is 0 Å². The molecule has 0 aliphatic carbocycles. The van der Waals surface area contributed by atoms with Crippen LogP contribution in [0.4, 0.5) is 0 Å². The summed E-state index contributed by atoms with van der Waals surface area (Å²) in [5.41, 5.74) is 5.67. The van der Waals surface area contributed by atoms with Crippen LogP contribution in [0.2, 0.25) is 0 Å². The second kappa shape index (κ2) is 12.2. The van der Waals surface area contributed by atoms with Gasteiger partial charge in [-0.15, -0.1) is 0 Å². The SMILES string of the molecule is CCCOC(=O)CCC(=O)NC(=S)NNC(=O)COc1ccc(Br)c(C)c1. The number of hydrogen-bond acceptors (Lipinski definition) is 6. The van der Waals surface area contributed by atoms with Crippen LogP contribution in [-0.2, 0) is 19.1 Å². The molecular weight excluding hydrogens is 438 g/mol. The predicted octanol–water partition coefficient (Wildman–Crippen LogP) is 1.89. The average Bonchev–Trinajstić information content (AvgIpc) is 2.63. The molecule has 3 N–H and O–H groups in total. The van der Waals surface area contributed by atoms with Crippen molar-refractivity contribution in [1.29, 1.82) is 0 Å². The molecule has 0 aliphatic rings. The molecule has 0 unspecified atom stereocenters. The summed E-state index contributed by atoms with van der Waals surface area (Å²) in [7, 11) is 0. The van der Waals surface area contributed by atoms with Crippen molar-refractivity contribution in [2.75, 3.05) is 13.2 Å². The highest BCUT2D eigenvalue weighted by molar-refractivity contribution is 9.10. The standard InChI is InChI=1S/C17H22BrN3O5S/c1-3-8-25-16(24)7-6-14(22)19-17(27)21-20-15(23)10-26-12-4-5-13(18)11(2)9-12/h4-5,9H,3,6-8,10H2,1-2H3,(H,20,23)(H2,19,21,22,27). The number of carbonyl (C=O) groups excluding carboxylic acids is 3. The molecule has 148 valence electrons. The van der Waals surface area contributed by atoms with E-state index in [0.29, 0.717) is 12.4 Å². The molecule has 0 bridgehead atoms. The molecule has 0 atom stereocenters. The van der Waals surface area contributed by atoms with Gasteiger partial charge in [-0.2, -0.15) is 0 Å². The Bertz CT molecular complexity index is 699. The number of hydrogen-bond donors (Lipinski definition) is 3. The maximum Gasteiger partial charge on any atom is 0.306 e. The van der Waals surface area contributed by atoms with Gasteiger partial charge in [0.25, 0.3) is 5.91 Å². The summed E-state index contributed by atoms with van der Waals surface area (Å²) in [5, 5.41) is 2.26. The van der Waals surface area contributed by atoms with Crippen LogP contribution in [0.3, 0.4) is 0 Å². The van der Waals surface area contributed by atoms with Gasteiger partial charge in [0, 0.05) is 10.9 Å². The summed E-state index contributed by atoms with van der Waals surface area (Å²) >= 11 is 8.27. The Kier molecular flexibility index (Phi) is 10.3. The quantitative estimate of drug-likeness (QED) is 0.309. The van der Waals surface area contributed by atoms with E-state index >= 15 is 0 Å². The maximum absolute atomic E-state index is 11.7. The van der Waals surface area contributed by atoms with Gasteiger partial charge in [0.15, 0.2) is 11.7 Å². The third kappa shape index (κ3) is 9.90. The Morgan fingerprint density at radius 1 is 1.15 bits per heavy atom. The van der Waals surface area contributed by atoms with Gasteiger partial charge in [0.1, 0.15) is 5.75 Å². The summed E-state index contributed by atoms with van der Waals surface area (Å²) < 4.78 is 11.2. The molecule has 27 heavy (non-hydrogen) atoms. The summed E-state index contributed by atoms with van der Waals surface area (Å²) in [4.78, 5) is 34.7. The summed E-state index contributed by atoms with van der Waals surface area (Å²) in [6.45, 7) is 3.88. The summed E-state index contributed by atoms with van der Waals surface area (Å²) in [6.07, 6.45) is 0.613. The van der Waals surface area contributed by atoms with E-state index < -0.39 is 17.8 Å². The predicted molar refractivity (Wildman–Crippen MR) is 107 cm³/mol. The van der Waals surface area contributed by atoms with Crippen molar-refractivity contribution >= 4 is 51.0 Å². The number of carbonyl (C=O) groups is 3. The van der Waals surface area contributed by atoms with Gasteiger partial charge in [-0.1, -0.05) is 22.9 Å². The molecule has 0 spiro atoms. The monoisotopic (exact) mass is 459 g/mol. The average molecular weight is 460 g/mol. The minimum absolute atomic E-state index is 0.0404. The Morgan fingerprint density at radius 3 is 2.56 bits per heavy atom. The summed E-state index contributed by atoms with van der Waals surface area (Å²) in [5.74, 6) is -0.830. The molecule has 0 aromatic heterocycles. The second-order valence-corrected chi connectivity index (χ2v) is 6.73. The van der Waals surface area contributed by atoms with E-state index in [1.54, 1.807) is 12.1 Å². The molecule has 0 heterocycles. The number of hydrazine groups is 1. The molecule has 0 saturated carbocycles. The van der Waals surface area contributed by atoms with Crippen molar-refractivity contribution in [3.8, 4) is 5.75 Å². The molecular formula is C17H22BrN3O5S. The molecule has 0 fully saturated rings. The van der Waals surface area contributed by atoms with E-state index in [1.165, 1.54) is 0 Å². The van der Waals surface area contributed by atoms with Crippen molar-refractivity contribution in [3.63, 3.8) is 0 Å². The highest BCUT2D eigenvalue weighted by atomic mass is 79.9. The number of benzene rings is 1. The molecule has 8 nitrogen and oxygen atoms in total. The molecule has 1 aromatic carbocycles. The first-order valence-corrected chi connectivity index (χ1v) is 9.45. The first kappa shape index (κ1) is 22.8. The van der Waals surface area contributed by atoms with Gasteiger partial charge in [-0.3, -0.25) is 25.2 Å². The third-order valence-electron chi connectivity index (χ3n) is 3.09. The van der Waals surface area contributed by atoms with Gasteiger partial charge in [0.2, 0.25) is 5.91 Å². The van der Waals surface area contributed by atoms with E-state index in [0.717, 1.165) is 16.5 Å². The zero-order valence-electron chi connectivity index (χ0n) is 15.1. The Morgan fingerprint density at radius 2 is 1.89 bits per heavy atom. The molecule has 0 saturated heterocycles. The lowest BCUT2D eigenvalue weighted by molar-refractivity contribution is -0.144. The van der Waals surface area contributed by atoms with E-state index in [1.807, 2.05) is 19.9 Å². The number of halogens is 1. The maximum atomic E-state index is 11.7. The van der Waals surface area contributed by atoms with Gasteiger partial charge < -0.3 is 14.8 Å². The zero-order chi connectivity index (χ0) is 20.2. The van der Waals surface area contributed by atoms with Gasteiger partial charge in [0.05, 0.1) is 13.0 Å². The number of ether oxygens (including phenoxy) is 2. The van der Waals surface area contributed by atoms with Gasteiger partial charge in [-0.25, -0.2) is 0 Å². The molecule has 10 heteroatoms. The second-order valence-electron chi connectivity index (χ2n) is 5.47. The van der Waals surface area contributed by atoms with E-state index in [2.05, 4.69) is 32.1 Å². The van der Waals surface area contributed by atoms with Crippen LogP contribution in [0.5, 0.6) is 5.75 Å². The number of amides is 2. The van der Waals surface area contributed by atoms with Gasteiger partial charge >= 0.3 is 5.97 Å². The van der Waals surface area contributed by atoms with Crippen LogP contribution >= 0.6 is 28.1 Å². The first-order valence-electron chi connectivity index (χ1n) is 8.25. The highest BCUT2D eigenvalue weighted by Crippen LogP contribution is 2.21. The van der Waals surface area contributed by atoms with Crippen molar-refractivity contribution in [3.05, 3.63) is 28.2 Å². The van der Waals surface area contributed by atoms with Crippen LogP contribution in [-0.4, -0.2) is 36.1 Å². The van der Waals surface area contributed by atoms with Crippen LogP contribution < -0.4 is 20.9 Å². The minimum Gasteiger partial charge on any atom is -0.484 e. The van der Waals surface area contributed by atoms with E-state index in [4.69, 9.17) is 21.7 Å². The van der Waals surface area contributed by atoms with Crippen molar-refractivity contribution in [1.82, 2.24) is 16.2 Å². The highest BCUT2D eigenvalue weighted by Gasteiger charge is 2.10. The van der Waals surface area contributed by atoms with E-state index in [9.17, 15) is 14.4 Å². The Balaban J connectivity index is 2.22. The lowest BCUT2D eigenvalue weighted by atomic mass is 10.2. The van der Waals surface area contributed by atoms with Crippen molar-refractivity contribution < 1.29 is 23.9 Å². The fourth-order valence-electron chi connectivity index (χ4n) is 1.74. The lowest BCUT2D eigenvalue weighted by Gasteiger charge is -2.11. The fraction of sp³-hybridized carbons (Fsp3) is 0.412.